The molecule has 0 aromatic heterocycles. The molecule has 2 aliphatic rings. The van der Waals surface area contributed by atoms with Crippen LogP contribution in [0.4, 0.5) is 11.4 Å². The summed E-state index contributed by atoms with van der Waals surface area (Å²) < 4.78 is 5.34. The largest absolute Gasteiger partial charge is 0.494 e. The average molecular weight is 377 g/mol. The first kappa shape index (κ1) is 19.9. The summed E-state index contributed by atoms with van der Waals surface area (Å²) in [6.45, 7) is 8.18. The molecule has 0 bridgehead atoms. The number of nitrogens with zero attached hydrogens (tertiary/aromatic N) is 3. The second kappa shape index (κ2) is 9.37. The van der Waals surface area contributed by atoms with E-state index in [-0.39, 0.29) is 5.69 Å². The van der Waals surface area contributed by atoms with E-state index in [1.165, 1.54) is 51.0 Å². The molecule has 1 aromatic carbocycles. The average Bonchev–Trinajstić information content (AvgIpc) is 2.69. The minimum Gasteiger partial charge on any atom is -0.494 e. The number of hydrogen-bond acceptors (Lipinski definition) is 6. The maximum Gasteiger partial charge on any atom is 0.273 e. The van der Waals surface area contributed by atoms with Gasteiger partial charge in [0, 0.05) is 31.2 Å². The van der Waals surface area contributed by atoms with Crippen LogP contribution in [0.25, 0.3) is 0 Å². The summed E-state index contributed by atoms with van der Waals surface area (Å²) in [4.78, 5) is 15.8. The van der Waals surface area contributed by atoms with Gasteiger partial charge in [0.15, 0.2) is 0 Å². The van der Waals surface area contributed by atoms with Crippen LogP contribution < -0.4 is 10.1 Å². The predicted octanol–water partition coefficient (Wildman–Crippen LogP) is 3.35. The van der Waals surface area contributed by atoms with E-state index in [0.29, 0.717) is 11.8 Å². The lowest BCUT2D eigenvalue weighted by atomic mass is 9.97. The van der Waals surface area contributed by atoms with E-state index in [4.69, 9.17) is 4.74 Å². The third-order valence-corrected chi connectivity index (χ3v) is 5.90. The van der Waals surface area contributed by atoms with Crippen molar-refractivity contribution in [3.8, 4) is 5.75 Å². The highest BCUT2D eigenvalue weighted by atomic mass is 16.6. The summed E-state index contributed by atoms with van der Waals surface area (Å²) in [5.74, 6) is 0.537. The molecular formula is C20H32N4O3. The first-order valence-corrected chi connectivity index (χ1v) is 10.2. The molecule has 27 heavy (non-hydrogen) atoms. The predicted molar refractivity (Wildman–Crippen MR) is 108 cm³/mol. The summed E-state index contributed by atoms with van der Waals surface area (Å²) in [5, 5.41) is 14.5. The topological polar surface area (TPSA) is 70.9 Å². The monoisotopic (exact) mass is 376 g/mol. The van der Waals surface area contributed by atoms with Crippen LogP contribution >= 0.6 is 0 Å². The zero-order valence-electron chi connectivity index (χ0n) is 16.5. The lowest BCUT2D eigenvalue weighted by Gasteiger charge is -2.42. The van der Waals surface area contributed by atoms with E-state index in [1.807, 2.05) is 0 Å². The van der Waals surface area contributed by atoms with Crippen molar-refractivity contribution in [2.24, 2.45) is 0 Å². The summed E-state index contributed by atoms with van der Waals surface area (Å²) in [6, 6.07) is 5.89. The van der Waals surface area contributed by atoms with Crippen LogP contribution in [-0.4, -0.2) is 66.6 Å². The minimum absolute atomic E-state index is 0.0571. The van der Waals surface area contributed by atoms with Gasteiger partial charge in [-0.15, -0.1) is 0 Å². The van der Waals surface area contributed by atoms with Crippen molar-refractivity contribution in [2.45, 2.75) is 51.1 Å². The third kappa shape index (κ3) is 5.11. The van der Waals surface area contributed by atoms with E-state index >= 15 is 0 Å². The molecule has 7 heteroatoms. The molecule has 0 aliphatic carbocycles. The second-order valence-electron chi connectivity index (χ2n) is 7.67. The zero-order valence-corrected chi connectivity index (χ0v) is 16.5. The molecule has 0 atom stereocenters. The maximum absolute atomic E-state index is 10.9. The molecule has 3 rings (SSSR count). The van der Waals surface area contributed by atoms with Crippen molar-refractivity contribution in [2.75, 3.05) is 45.2 Å². The number of methoxy groups -OCH3 is 1. The fourth-order valence-electron chi connectivity index (χ4n) is 4.37. The standard InChI is InChI=1S/C20H32N4O3/c1-3-10-22-11-8-17(9-12-22)23-13-6-16(7-14-23)21-19-5-4-18(24(25)26)15-20(19)27-2/h4-5,15-17,21H,3,6-14H2,1-2H3. The van der Waals surface area contributed by atoms with Gasteiger partial charge < -0.3 is 19.9 Å². The third-order valence-electron chi connectivity index (χ3n) is 5.90. The molecule has 0 unspecified atom stereocenters. The Hall–Kier alpha value is -1.86. The Kier molecular flexibility index (Phi) is 6.90. The smallest absolute Gasteiger partial charge is 0.273 e. The van der Waals surface area contributed by atoms with Gasteiger partial charge >= 0.3 is 0 Å². The summed E-state index contributed by atoms with van der Waals surface area (Å²) >= 11 is 0. The van der Waals surface area contributed by atoms with Crippen molar-refractivity contribution in [1.82, 2.24) is 9.80 Å². The fraction of sp³-hybridized carbons (Fsp3) is 0.700. The van der Waals surface area contributed by atoms with Crippen LogP contribution in [0, 0.1) is 10.1 Å². The number of likely N-dealkylation sites (tertiary alicyclic amines) is 2. The summed E-state index contributed by atoms with van der Waals surface area (Å²) in [6.07, 6.45) is 6.00. The highest BCUT2D eigenvalue weighted by molar-refractivity contribution is 5.61. The van der Waals surface area contributed by atoms with Crippen molar-refractivity contribution in [3.63, 3.8) is 0 Å². The first-order valence-electron chi connectivity index (χ1n) is 10.2. The molecule has 2 saturated heterocycles. The molecule has 2 heterocycles. The van der Waals surface area contributed by atoms with Crippen molar-refractivity contribution in [1.29, 1.82) is 0 Å². The lowest BCUT2D eigenvalue weighted by molar-refractivity contribution is -0.384. The number of hydrogen-bond donors (Lipinski definition) is 1. The minimum atomic E-state index is -0.392. The highest BCUT2D eigenvalue weighted by Gasteiger charge is 2.28. The SMILES string of the molecule is CCCN1CCC(N2CCC(Nc3ccc([N+](=O)[O-])cc3OC)CC2)CC1. The van der Waals surface area contributed by atoms with Crippen LogP contribution in [0.2, 0.25) is 0 Å². The number of nitro groups is 1. The van der Waals surface area contributed by atoms with Gasteiger partial charge in [-0.05, 0) is 57.8 Å². The number of ether oxygens (including phenoxy) is 1. The maximum atomic E-state index is 10.9. The van der Waals surface area contributed by atoms with Gasteiger partial charge in [0.05, 0.1) is 23.8 Å². The number of rotatable bonds is 7. The van der Waals surface area contributed by atoms with E-state index in [0.717, 1.165) is 37.7 Å². The Labute approximate surface area is 161 Å². The number of non-ortho nitro benzene ring substituents is 1. The molecule has 0 amide bonds. The Morgan fingerprint density at radius 2 is 1.89 bits per heavy atom. The van der Waals surface area contributed by atoms with Gasteiger partial charge in [-0.2, -0.15) is 0 Å². The highest BCUT2D eigenvalue weighted by Crippen LogP contribution is 2.31. The van der Waals surface area contributed by atoms with Crippen LogP contribution in [0.3, 0.4) is 0 Å². The summed E-state index contributed by atoms with van der Waals surface area (Å²) in [7, 11) is 1.55. The molecule has 1 N–H and O–H groups in total. The van der Waals surface area contributed by atoms with Gasteiger partial charge in [-0.1, -0.05) is 6.92 Å². The Morgan fingerprint density at radius 1 is 1.19 bits per heavy atom. The lowest BCUT2D eigenvalue weighted by Crippen LogP contribution is -2.49. The number of nitro benzene ring substituents is 1. The zero-order chi connectivity index (χ0) is 19.2. The van der Waals surface area contributed by atoms with Crippen LogP contribution in [0.15, 0.2) is 18.2 Å². The van der Waals surface area contributed by atoms with Gasteiger partial charge in [0.25, 0.3) is 5.69 Å². The van der Waals surface area contributed by atoms with E-state index < -0.39 is 4.92 Å². The van der Waals surface area contributed by atoms with Crippen molar-refractivity contribution in [3.05, 3.63) is 28.3 Å². The van der Waals surface area contributed by atoms with Gasteiger partial charge in [-0.25, -0.2) is 0 Å². The molecular weight excluding hydrogens is 344 g/mol. The van der Waals surface area contributed by atoms with Crippen molar-refractivity contribution >= 4 is 11.4 Å². The number of anilines is 1. The van der Waals surface area contributed by atoms with Gasteiger partial charge in [0.2, 0.25) is 0 Å². The number of nitrogens with one attached hydrogen (secondary N) is 1. The van der Waals surface area contributed by atoms with Crippen LogP contribution in [0.1, 0.15) is 39.0 Å². The molecule has 7 nitrogen and oxygen atoms in total. The number of benzene rings is 1. The quantitative estimate of drug-likeness (QED) is 0.581. The van der Waals surface area contributed by atoms with E-state index in [1.54, 1.807) is 13.2 Å². The van der Waals surface area contributed by atoms with Gasteiger partial charge in [0.1, 0.15) is 5.75 Å². The van der Waals surface area contributed by atoms with E-state index in [2.05, 4.69) is 22.0 Å². The molecule has 0 spiro atoms. The van der Waals surface area contributed by atoms with Crippen molar-refractivity contribution < 1.29 is 9.66 Å². The second-order valence-corrected chi connectivity index (χ2v) is 7.67. The Morgan fingerprint density at radius 3 is 2.48 bits per heavy atom. The summed E-state index contributed by atoms with van der Waals surface area (Å²) in [5.41, 5.74) is 0.899. The molecule has 2 aliphatic heterocycles. The van der Waals surface area contributed by atoms with E-state index in [9.17, 15) is 10.1 Å². The molecule has 1 aromatic rings. The molecule has 2 fully saturated rings. The Bertz CT molecular complexity index is 624. The molecule has 0 radical (unpaired) electrons. The fourth-order valence-corrected chi connectivity index (χ4v) is 4.37. The Balaban J connectivity index is 1.49. The number of piperidine rings is 2. The molecule has 150 valence electrons. The first-order chi connectivity index (χ1) is 13.1. The van der Waals surface area contributed by atoms with Crippen LogP contribution in [0.5, 0.6) is 5.75 Å². The van der Waals surface area contributed by atoms with Gasteiger partial charge in [-0.3, -0.25) is 10.1 Å². The van der Waals surface area contributed by atoms with Crippen LogP contribution in [-0.2, 0) is 0 Å². The normalized spacial score (nSPS) is 20.5. The molecule has 0 saturated carbocycles.